The van der Waals surface area contributed by atoms with Gasteiger partial charge in [0.15, 0.2) is 5.82 Å². The van der Waals surface area contributed by atoms with Gasteiger partial charge in [-0.2, -0.15) is 10.2 Å². The number of aromatic nitrogens is 5. The quantitative estimate of drug-likeness (QED) is 0.413. The Morgan fingerprint density at radius 1 is 1.05 bits per heavy atom. The van der Waals surface area contributed by atoms with Crippen molar-refractivity contribution < 1.29 is 9.84 Å². The van der Waals surface area contributed by atoms with E-state index >= 15 is 0 Å². The highest BCUT2D eigenvalue weighted by Gasteiger charge is 2.25. The molecule has 0 amide bonds. The van der Waals surface area contributed by atoms with Crippen LogP contribution in [0.5, 0.6) is 0 Å². The predicted octanol–water partition coefficient (Wildman–Crippen LogP) is 4.23. The number of morpholine rings is 1. The number of nitrogens with zero attached hydrogens (tertiary/aromatic N) is 6. The maximum Gasteiger partial charge on any atom is 0.156 e. The third kappa shape index (κ3) is 5.08. The third-order valence-corrected chi connectivity index (χ3v) is 7.00. The lowest BCUT2D eigenvalue weighted by Gasteiger charge is -2.31. The first-order chi connectivity index (χ1) is 17.9. The number of hydrogen-bond acceptors (Lipinski definition) is 6. The summed E-state index contributed by atoms with van der Waals surface area (Å²) >= 11 is 0. The van der Waals surface area contributed by atoms with Gasteiger partial charge in [-0.05, 0) is 38.0 Å². The van der Waals surface area contributed by atoms with Crippen molar-refractivity contribution >= 4 is 17.3 Å². The number of anilines is 1. The summed E-state index contributed by atoms with van der Waals surface area (Å²) in [6.45, 7) is 7.48. The zero-order valence-electron chi connectivity index (χ0n) is 21.3. The number of allylic oxidation sites excluding steroid dienone is 1. The van der Waals surface area contributed by atoms with Crippen LogP contribution in [-0.4, -0.2) is 61.6 Å². The molecule has 1 aromatic carbocycles. The number of benzene rings is 1. The van der Waals surface area contributed by atoms with Crippen molar-refractivity contribution in [2.45, 2.75) is 38.8 Å². The summed E-state index contributed by atoms with van der Waals surface area (Å²) in [4.78, 5) is 7.44. The first kappa shape index (κ1) is 23.6. The van der Waals surface area contributed by atoms with Crippen LogP contribution in [0.25, 0.3) is 28.7 Å². The fourth-order valence-electron chi connectivity index (χ4n) is 4.91. The summed E-state index contributed by atoms with van der Waals surface area (Å²) < 4.78 is 9.41. The molecule has 4 heterocycles. The van der Waals surface area contributed by atoms with Crippen LogP contribution < -0.4 is 4.90 Å². The zero-order chi connectivity index (χ0) is 25.4. The Morgan fingerprint density at radius 2 is 1.86 bits per heavy atom. The van der Waals surface area contributed by atoms with E-state index in [1.807, 2.05) is 59.9 Å². The SMILES string of the molecule is CC(C)(O)CCn1cc(C2=Cc3nc(-n4ccc(-c5ccccc5)n4)cc(N4CCOCC4)c3C2)cn1. The van der Waals surface area contributed by atoms with Crippen molar-refractivity contribution in [3.05, 3.63) is 77.9 Å². The van der Waals surface area contributed by atoms with Crippen LogP contribution in [0.15, 0.2) is 61.1 Å². The number of aliphatic hydroxyl groups is 1. The van der Waals surface area contributed by atoms with Crippen LogP contribution >= 0.6 is 0 Å². The Morgan fingerprint density at radius 3 is 2.65 bits per heavy atom. The highest BCUT2D eigenvalue weighted by atomic mass is 16.5. The fraction of sp³-hybridized carbons (Fsp3) is 0.345. The van der Waals surface area contributed by atoms with E-state index in [0.717, 1.165) is 61.1 Å². The molecule has 0 radical (unpaired) electrons. The summed E-state index contributed by atoms with van der Waals surface area (Å²) in [6.07, 6.45) is 9.60. The molecule has 0 spiro atoms. The van der Waals surface area contributed by atoms with Crippen LogP contribution in [-0.2, 0) is 17.7 Å². The average Bonchev–Trinajstić information content (AvgIpc) is 3.67. The zero-order valence-corrected chi connectivity index (χ0v) is 21.3. The highest BCUT2D eigenvalue weighted by molar-refractivity contribution is 5.90. The Labute approximate surface area is 216 Å². The normalized spacial score (nSPS) is 15.6. The van der Waals surface area contributed by atoms with Crippen LogP contribution in [0.2, 0.25) is 0 Å². The number of rotatable bonds is 7. The van der Waals surface area contributed by atoms with E-state index in [1.165, 1.54) is 16.8 Å². The Hall–Kier alpha value is -3.75. The molecule has 2 aliphatic rings. The van der Waals surface area contributed by atoms with E-state index < -0.39 is 5.60 Å². The summed E-state index contributed by atoms with van der Waals surface area (Å²) in [5, 5.41) is 19.5. The van der Waals surface area contributed by atoms with Gasteiger partial charge in [0.2, 0.25) is 0 Å². The second-order valence-electron chi connectivity index (χ2n) is 10.4. The molecular formula is C29H32N6O2. The topological polar surface area (TPSA) is 81.2 Å². The summed E-state index contributed by atoms with van der Waals surface area (Å²) in [5.74, 6) is 0.806. The van der Waals surface area contributed by atoms with Gasteiger partial charge in [0, 0.05) is 66.9 Å². The van der Waals surface area contributed by atoms with Crippen LogP contribution in [0.3, 0.4) is 0 Å². The molecule has 4 aromatic rings. The standard InChI is InChI=1S/C29H32N6O2/c1-29(2,36)9-11-34-20-23(19-30-34)22-16-24-26(17-22)31-28(18-27(24)33-12-14-37-15-13-33)35-10-8-25(32-35)21-6-4-3-5-7-21/h3-8,10,17-20,36H,9,11-16H2,1-2H3. The number of fused-ring (bicyclic) bond motifs is 1. The van der Waals surface area contributed by atoms with E-state index in [2.05, 4.69) is 40.5 Å². The summed E-state index contributed by atoms with van der Waals surface area (Å²) in [5.41, 5.74) is 7.00. The number of pyridine rings is 1. The summed E-state index contributed by atoms with van der Waals surface area (Å²) in [6, 6.07) is 14.4. The van der Waals surface area contributed by atoms with E-state index in [1.54, 1.807) is 0 Å². The van der Waals surface area contributed by atoms with Gasteiger partial charge >= 0.3 is 0 Å². The Balaban J connectivity index is 1.33. The first-order valence-electron chi connectivity index (χ1n) is 12.9. The summed E-state index contributed by atoms with van der Waals surface area (Å²) in [7, 11) is 0. The molecule has 0 unspecified atom stereocenters. The van der Waals surface area contributed by atoms with Crippen molar-refractivity contribution in [2.75, 3.05) is 31.2 Å². The van der Waals surface area contributed by atoms with E-state index in [0.29, 0.717) is 13.0 Å². The molecule has 1 N–H and O–H groups in total. The van der Waals surface area contributed by atoms with Gasteiger partial charge < -0.3 is 14.7 Å². The first-order valence-corrected chi connectivity index (χ1v) is 12.9. The van der Waals surface area contributed by atoms with Crippen LogP contribution in [0, 0.1) is 0 Å². The lowest BCUT2D eigenvalue weighted by molar-refractivity contribution is 0.0651. The van der Waals surface area contributed by atoms with Gasteiger partial charge in [-0.1, -0.05) is 30.3 Å². The van der Waals surface area contributed by atoms with Crippen molar-refractivity contribution in [3.8, 4) is 17.1 Å². The molecule has 1 aliphatic carbocycles. The molecule has 0 saturated carbocycles. The molecule has 190 valence electrons. The van der Waals surface area contributed by atoms with Gasteiger partial charge in [-0.15, -0.1) is 0 Å². The molecule has 1 aliphatic heterocycles. The predicted molar refractivity (Wildman–Crippen MR) is 145 cm³/mol. The largest absolute Gasteiger partial charge is 0.390 e. The van der Waals surface area contributed by atoms with Crippen LogP contribution in [0.1, 0.15) is 37.1 Å². The molecule has 1 saturated heterocycles. The van der Waals surface area contributed by atoms with E-state index in [-0.39, 0.29) is 0 Å². The van der Waals surface area contributed by atoms with Gasteiger partial charge in [-0.3, -0.25) is 4.68 Å². The molecule has 6 rings (SSSR count). The van der Waals surface area contributed by atoms with Gasteiger partial charge in [0.25, 0.3) is 0 Å². The van der Waals surface area contributed by atoms with E-state index in [9.17, 15) is 5.11 Å². The maximum absolute atomic E-state index is 10.1. The maximum atomic E-state index is 10.1. The highest BCUT2D eigenvalue weighted by Crippen LogP contribution is 2.38. The van der Waals surface area contributed by atoms with Crippen molar-refractivity contribution in [1.29, 1.82) is 0 Å². The minimum absolute atomic E-state index is 0.647. The molecule has 8 nitrogen and oxygen atoms in total. The van der Waals surface area contributed by atoms with Crippen LogP contribution in [0.4, 0.5) is 5.69 Å². The molecule has 3 aromatic heterocycles. The third-order valence-electron chi connectivity index (χ3n) is 7.00. The molecule has 0 bridgehead atoms. The Bertz CT molecular complexity index is 1420. The average molecular weight is 497 g/mol. The second kappa shape index (κ2) is 9.61. The lowest BCUT2D eigenvalue weighted by atomic mass is 10.1. The number of hydrogen-bond donors (Lipinski definition) is 1. The van der Waals surface area contributed by atoms with Crippen molar-refractivity contribution in [1.82, 2.24) is 24.5 Å². The number of aryl methyl sites for hydroxylation is 1. The number of ether oxygens (including phenoxy) is 1. The van der Waals surface area contributed by atoms with Crippen molar-refractivity contribution in [2.24, 2.45) is 0 Å². The Kier molecular flexibility index (Phi) is 6.14. The van der Waals surface area contributed by atoms with Gasteiger partial charge in [0.05, 0.1) is 36.4 Å². The van der Waals surface area contributed by atoms with Crippen molar-refractivity contribution in [3.63, 3.8) is 0 Å². The van der Waals surface area contributed by atoms with Gasteiger partial charge in [0.1, 0.15) is 0 Å². The lowest BCUT2D eigenvalue weighted by Crippen LogP contribution is -2.37. The smallest absolute Gasteiger partial charge is 0.156 e. The fourth-order valence-corrected chi connectivity index (χ4v) is 4.91. The molecular weight excluding hydrogens is 464 g/mol. The molecule has 37 heavy (non-hydrogen) atoms. The molecule has 8 heteroatoms. The van der Waals surface area contributed by atoms with E-state index in [4.69, 9.17) is 14.8 Å². The molecule has 1 fully saturated rings. The minimum atomic E-state index is -0.713. The monoisotopic (exact) mass is 496 g/mol. The molecule has 0 atom stereocenters. The van der Waals surface area contributed by atoms with Gasteiger partial charge in [-0.25, -0.2) is 9.67 Å². The minimum Gasteiger partial charge on any atom is -0.390 e. The second-order valence-corrected chi connectivity index (χ2v) is 10.4.